The fraction of sp³-hybridized carbons (Fsp3) is 0.667. The fourth-order valence-corrected chi connectivity index (χ4v) is 1.52. The van der Waals surface area contributed by atoms with Gasteiger partial charge in [0.25, 0.3) is 0 Å². The molecule has 1 aliphatic carbocycles. The Morgan fingerprint density at radius 3 is 2.23 bits per heavy atom. The number of hydrogen-bond donors (Lipinski definition) is 1. The van der Waals surface area contributed by atoms with Crippen molar-refractivity contribution in [3.8, 4) is 0 Å². The van der Waals surface area contributed by atoms with Gasteiger partial charge in [0, 0.05) is 11.9 Å². The average molecular weight is 181 g/mol. The highest BCUT2D eigenvalue weighted by atomic mass is 14.7. The Labute approximate surface area is 82.6 Å². The van der Waals surface area contributed by atoms with Crippen LogP contribution in [0.1, 0.15) is 51.8 Å². The average Bonchev–Trinajstić information content (AvgIpc) is 2.71. The molecule has 1 aromatic heterocycles. The Kier molecular flexibility index (Phi) is 7.47. The number of aryl methyl sites for hydroxylation is 2. The van der Waals surface area contributed by atoms with Crippen LogP contribution in [-0.4, -0.2) is 4.98 Å². The molecule has 0 bridgehead atoms. The lowest BCUT2D eigenvalue weighted by atomic mass is 9.98. The number of aromatic nitrogens is 1. The van der Waals surface area contributed by atoms with Gasteiger partial charge in [0.2, 0.25) is 0 Å². The summed E-state index contributed by atoms with van der Waals surface area (Å²) < 4.78 is 0. The maximum absolute atomic E-state index is 3.26. The molecule has 1 aliphatic rings. The van der Waals surface area contributed by atoms with Crippen molar-refractivity contribution in [1.29, 1.82) is 0 Å². The van der Waals surface area contributed by atoms with E-state index in [1.807, 2.05) is 27.7 Å². The molecule has 0 fully saturated rings. The van der Waals surface area contributed by atoms with Crippen LogP contribution in [0.3, 0.4) is 0 Å². The van der Waals surface area contributed by atoms with E-state index in [1.54, 1.807) is 5.56 Å². The standard InChI is InChI=1S/C8H11N.2C2H6/c1-2-4-8-7(3-1)5-6-9-8;2*1-2/h5-6,9H,1-4H2;2*1-2H3. The molecule has 0 spiro atoms. The molecular formula is C12H23N. The van der Waals surface area contributed by atoms with Crippen molar-refractivity contribution in [3.05, 3.63) is 23.5 Å². The van der Waals surface area contributed by atoms with Crippen LogP contribution in [0.4, 0.5) is 0 Å². The van der Waals surface area contributed by atoms with Crippen molar-refractivity contribution < 1.29 is 0 Å². The molecule has 0 unspecified atom stereocenters. The topological polar surface area (TPSA) is 15.8 Å². The van der Waals surface area contributed by atoms with Crippen molar-refractivity contribution in [1.82, 2.24) is 4.98 Å². The minimum atomic E-state index is 1.27. The normalized spacial score (nSPS) is 12.9. The third-order valence-corrected chi connectivity index (χ3v) is 2.05. The van der Waals surface area contributed by atoms with E-state index in [4.69, 9.17) is 0 Å². The smallest absolute Gasteiger partial charge is 0.0179 e. The summed E-state index contributed by atoms with van der Waals surface area (Å²) in [5, 5.41) is 0. The van der Waals surface area contributed by atoms with Gasteiger partial charge in [-0.15, -0.1) is 0 Å². The second-order valence-corrected chi connectivity index (χ2v) is 2.69. The lowest BCUT2D eigenvalue weighted by molar-refractivity contribution is 0.677. The van der Waals surface area contributed by atoms with E-state index in [0.717, 1.165) is 0 Å². The minimum absolute atomic E-state index is 1.27. The SMILES string of the molecule is CC.CC.c1cc2c([nH]1)CCCC2. The number of hydrogen-bond acceptors (Lipinski definition) is 0. The molecule has 0 atom stereocenters. The van der Waals surface area contributed by atoms with Gasteiger partial charge >= 0.3 is 0 Å². The van der Waals surface area contributed by atoms with Crippen LogP contribution >= 0.6 is 0 Å². The summed E-state index contributed by atoms with van der Waals surface area (Å²) in [6, 6.07) is 2.20. The molecule has 13 heavy (non-hydrogen) atoms. The van der Waals surface area contributed by atoms with Crippen molar-refractivity contribution in [2.75, 3.05) is 0 Å². The van der Waals surface area contributed by atoms with Gasteiger partial charge in [0.1, 0.15) is 0 Å². The molecule has 1 aromatic rings. The highest BCUT2D eigenvalue weighted by Crippen LogP contribution is 2.18. The highest BCUT2D eigenvalue weighted by molar-refractivity contribution is 5.22. The predicted octanol–water partition coefficient (Wildman–Crippen LogP) is 3.95. The van der Waals surface area contributed by atoms with Crippen molar-refractivity contribution in [2.45, 2.75) is 53.4 Å². The summed E-state index contributed by atoms with van der Waals surface area (Å²) in [7, 11) is 0. The third-order valence-electron chi connectivity index (χ3n) is 2.05. The fourth-order valence-electron chi connectivity index (χ4n) is 1.52. The third kappa shape index (κ3) is 3.67. The predicted molar refractivity (Wildman–Crippen MR) is 60.1 cm³/mol. The van der Waals surface area contributed by atoms with Gasteiger partial charge in [0.15, 0.2) is 0 Å². The first-order valence-corrected chi connectivity index (χ1v) is 5.62. The van der Waals surface area contributed by atoms with E-state index < -0.39 is 0 Å². The van der Waals surface area contributed by atoms with Gasteiger partial charge in [-0.25, -0.2) is 0 Å². The van der Waals surface area contributed by atoms with Crippen LogP contribution in [-0.2, 0) is 12.8 Å². The number of H-pyrrole nitrogens is 1. The van der Waals surface area contributed by atoms with E-state index in [1.165, 1.54) is 31.4 Å². The van der Waals surface area contributed by atoms with Gasteiger partial charge in [-0.05, 0) is 37.3 Å². The van der Waals surface area contributed by atoms with Crippen molar-refractivity contribution >= 4 is 0 Å². The second-order valence-electron chi connectivity index (χ2n) is 2.69. The Morgan fingerprint density at radius 1 is 1.00 bits per heavy atom. The maximum atomic E-state index is 3.26. The van der Waals surface area contributed by atoms with Gasteiger partial charge < -0.3 is 4.98 Å². The summed E-state index contributed by atoms with van der Waals surface area (Å²) in [5.41, 5.74) is 3.02. The van der Waals surface area contributed by atoms with Crippen LogP contribution in [0.25, 0.3) is 0 Å². The first kappa shape index (κ1) is 12.3. The lowest BCUT2D eigenvalue weighted by Crippen LogP contribution is -1.99. The zero-order valence-electron chi connectivity index (χ0n) is 9.48. The Hall–Kier alpha value is -0.720. The Morgan fingerprint density at radius 2 is 1.62 bits per heavy atom. The molecule has 76 valence electrons. The van der Waals surface area contributed by atoms with E-state index in [0.29, 0.717) is 0 Å². The van der Waals surface area contributed by atoms with E-state index in [9.17, 15) is 0 Å². The van der Waals surface area contributed by atoms with Crippen LogP contribution in [0.5, 0.6) is 0 Å². The molecule has 1 heteroatoms. The van der Waals surface area contributed by atoms with Crippen LogP contribution in [0.2, 0.25) is 0 Å². The van der Waals surface area contributed by atoms with Crippen LogP contribution in [0.15, 0.2) is 12.3 Å². The van der Waals surface area contributed by atoms with E-state index in [2.05, 4.69) is 17.2 Å². The zero-order valence-corrected chi connectivity index (χ0v) is 9.48. The van der Waals surface area contributed by atoms with Gasteiger partial charge in [-0.2, -0.15) is 0 Å². The first-order chi connectivity index (χ1) is 6.47. The molecule has 0 saturated carbocycles. The zero-order chi connectivity index (χ0) is 10.1. The number of fused-ring (bicyclic) bond motifs is 1. The molecule has 1 nitrogen and oxygen atoms in total. The van der Waals surface area contributed by atoms with Gasteiger partial charge in [-0.3, -0.25) is 0 Å². The molecular weight excluding hydrogens is 158 g/mol. The summed E-state index contributed by atoms with van der Waals surface area (Å²) in [6.45, 7) is 8.00. The number of rotatable bonds is 0. The molecule has 1 heterocycles. The summed E-state index contributed by atoms with van der Waals surface area (Å²) in [4.78, 5) is 3.26. The van der Waals surface area contributed by atoms with Crippen molar-refractivity contribution in [2.24, 2.45) is 0 Å². The highest BCUT2D eigenvalue weighted by Gasteiger charge is 2.07. The quantitative estimate of drug-likeness (QED) is 0.624. The maximum Gasteiger partial charge on any atom is 0.0179 e. The molecule has 0 aliphatic heterocycles. The largest absolute Gasteiger partial charge is 0.365 e. The minimum Gasteiger partial charge on any atom is -0.365 e. The molecule has 0 aromatic carbocycles. The van der Waals surface area contributed by atoms with E-state index in [-0.39, 0.29) is 0 Å². The van der Waals surface area contributed by atoms with E-state index >= 15 is 0 Å². The lowest BCUT2D eigenvalue weighted by Gasteiger charge is -2.08. The summed E-state index contributed by atoms with van der Waals surface area (Å²) in [5.74, 6) is 0. The number of nitrogens with one attached hydrogen (secondary N) is 1. The van der Waals surface area contributed by atoms with Crippen molar-refractivity contribution in [3.63, 3.8) is 0 Å². The summed E-state index contributed by atoms with van der Waals surface area (Å²) >= 11 is 0. The number of aromatic amines is 1. The Balaban J connectivity index is 0.000000322. The molecule has 0 radical (unpaired) electrons. The second kappa shape index (κ2) is 7.90. The van der Waals surface area contributed by atoms with Gasteiger partial charge in [0.05, 0.1) is 0 Å². The molecule has 2 rings (SSSR count). The van der Waals surface area contributed by atoms with Gasteiger partial charge in [-0.1, -0.05) is 27.7 Å². The van der Waals surface area contributed by atoms with Crippen LogP contribution < -0.4 is 0 Å². The Bertz CT molecular complexity index is 180. The summed E-state index contributed by atoms with van der Waals surface area (Å²) in [6.07, 6.45) is 7.36. The van der Waals surface area contributed by atoms with Crippen LogP contribution in [0, 0.1) is 0 Å². The monoisotopic (exact) mass is 181 g/mol. The molecule has 1 N–H and O–H groups in total. The first-order valence-electron chi connectivity index (χ1n) is 5.62. The molecule has 0 saturated heterocycles. The molecule has 0 amide bonds.